The fourth-order valence-electron chi connectivity index (χ4n) is 3.65. The molecule has 0 unspecified atom stereocenters. The minimum atomic E-state index is 0.542. The summed E-state index contributed by atoms with van der Waals surface area (Å²) in [6.07, 6.45) is 5.74. The summed E-state index contributed by atoms with van der Waals surface area (Å²) in [6, 6.07) is 14.2. The Morgan fingerprint density at radius 3 is 2.59 bits per heavy atom. The van der Waals surface area contributed by atoms with Crippen LogP contribution in [0.15, 0.2) is 59.4 Å². The molecule has 0 radical (unpaired) electrons. The Kier molecular flexibility index (Phi) is 5.49. The molecule has 0 N–H and O–H groups in total. The molecule has 0 spiro atoms. The van der Waals surface area contributed by atoms with Gasteiger partial charge in [0.25, 0.3) is 0 Å². The minimum absolute atomic E-state index is 0.542. The molecule has 1 saturated heterocycles. The summed E-state index contributed by atoms with van der Waals surface area (Å²) in [7, 11) is 0. The first-order valence-electron chi connectivity index (χ1n) is 9.62. The van der Waals surface area contributed by atoms with Gasteiger partial charge in [0.1, 0.15) is 23.6 Å². The highest BCUT2D eigenvalue weighted by Crippen LogP contribution is 2.29. The number of hydrogen-bond acceptors (Lipinski definition) is 5. The standard InChI is InChI=1S/C22H25N3O2/c1-2-26-19-5-3-18(4-6-19)22-8-7-20(27-22)15-25-13-10-17(11-14-25)21-9-12-23-16-24-21/h3-9,12,16-17H,2,10-11,13-15H2,1H3. The van der Waals surface area contributed by atoms with Crippen LogP contribution in [0.2, 0.25) is 0 Å². The van der Waals surface area contributed by atoms with E-state index >= 15 is 0 Å². The van der Waals surface area contributed by atoms with E-state index in [0.717, 1.165) is 55.3 Å². The lowest BCUT2D eigenvalue weighted by atomic mass is 9.93. The topological polar surface area (TPSA) is 51.4 Å². The molecule has 1 fully saturated rings. The summed E-state index contributed by atoms with van der Waals surface area (Å²) >= 11 is 0. The highest BCUT2D eigenvalue weighted by atomic mass is 16.5. The SMILES string of the molecule is CCOc1ccc(-c2ccc(CN3CCC(c4ccncn4)CC3)o2)cc1. The van der Waals surface area contributed by atoms with Crippen LogP contribution in [-0.2, 0) is 6.54 Å². The van der Waals surface area contributed by atoms with Crippen LogP contribution in [0.25, 0.3) is 11.3 Å². The Morgan fingerprint density at radius 2 is 1.89 bits per heavy atom. The van der Waals surface area contributed by atoms with Crippen molar-refractivity contribution in [2.75, 3.05) is 19.7 Å². The zero-order valence-electron chi connectivity index (χ0n) is 15.7. The Bertz CT molecular complexity index is 838. The first kappa shape index (κ1) is 17.7. The lowest BCUT2D eigenvalue weighted by Gasteiger charge is -2.30. The summed E-state index contributed by atoms with van der Waals surface area (Å²) in [5.41, 5.74) is 2.24. The van der Waals surface area contributed by atoms with Crippen molar-refractivity contribution in [2.24, 2.45) is 0 Å². The monoisotopic (exact) mass is 363 g/mol. The molecule has 4 rings (SSSR count). The molecular formula is C22H25N3O2. The van der Waals surface area contributed by atoms with Gasteiger partial charge >= 0.3 is 0 Å². The number of ether oxygens (including phenoxy) is 1. The number of likely N-dealkylation sites (tertiary alicyclic amines) is 1. The fourth-order valence-corrected chi connectivity index (χ4v) is 3.65. The van der Waals surface area contributed by atoms with E-state index in [1.807, 2.05) is 43.5 Å². The zero-order chi connectivity index (χ0) is 18.5. The van der Waals surface area contributed by atoms with Gasteiger partial charge in [-0.2, -0.15) is 0 Å². The van der Waals surface area contributed by atoms with Gasteiger partial charge < -0.3 is 9.15 Å². The molecule has 5 heteroatoms. The quantitative estimate of drug-likeness (QED) is 0.645. The van der Waals surface area contributed by atoms with Crippen LogP contribution in [-0.4, -0.2) is 34.6 Å². The normalized spacial score (nSPS) is 15.7. The molecule has 0 bridgehead atoms. The summed E-state index contributed by atoms with van der Waals surface area (Å²) in [5, 5.41) is 0. The van der Waals surface area contributed by atoms with Crippen molar-refractivity contribution in [2.45, 2.75) is 32.2 Å². The number of benzene rings is 1. The third kappa shape index (κ3) is 4.37. The second-order valence-corrected chi connectivity index (χ2v) is 6.91. The lowest BCUT2D eigenvalue weighted by Crippen LogP contribution is -2.32. The average Bonchev–Trinajstić information content (AvgIpc) is 3.18. The predicted molar refractivity (Wildman–Crippen MR) is 105 cm³/mol. The lowest BCUT2D eigenvalue weighted by molar-refractivity contribution is 0.190. The van der Waals surface area contributed by atoms with E-state index in [-0.39, 0.29) is 0 Å². The molecule has 2 aromatic heterocycles. The molecule has 1 aromatic carbocycles. The molecule has 3 aromatic rings. The zero-order valence-corrected chi connectivity index (χ0v) is 15.7. The third-order valence-electron chi connectivity index (χ3n) is 5.10. The second kappa shape index (κ2) is 8.35. The number of aromatic nitrogens is 2. The van der Waals surface area contributed by atoms with Crippen molar-refractivity contribution in [3.05, 3.63) is 66.4 Å². The molecular weight excluding hydrogens is 338 g/mol. The van der Waals surface area contributed by atoms with Gasteiger partial charge in [-0.1, -0.05) is 0 Å². The van der Waals surface area contributed by atoms with Crippen LogP contribution in [0.3, 0.4) is 0 Å². The van der Waals surface area contributed by atoms with Crippen LogP contribution in [0.4, 0.5) is 0 Å². The maximum absolute atomic E-state index is 6.08. The molecule has 3 heterocycles. The van der Waals surface area contributed by atoms with Gasteiger partial charge in [0.2, 0.25) is 0 Å². The largest absolute Gasteiger partial charge is 0.494 e. The van der Waals surface area contributed by atoms with E-state index in [0.29, 0.717) is 12.5 Å². The van der Waals surface area contributed by atoms with Crippen molar-refractivity contribution in [1.82, 2.24) is 14.9 Å². The van der Waals surface area contributed by atoms with Crippen LogP contribution >= 0.6 is 0 Å². The summed E-state index contributed by atoms with van der Waals surface area (Å²) < 4.78 is 11.6. The molecule has 1 aliphatic heterocycles. The number of nitrogens with zero attached hydrogens (tertiary/aromatic N) is 3. The predicted octanol–water partition coefficient (Wildman–Crippen LogP) is 4.51. The van der Waals surface area contributed by atoms with Gasteiger partial charge in [-0.05, 0) is 75.3 Å². The Labute approximate surface area is 160 Å². The van der Waals surface area contributed by atoms with Crippen molar-refractivity contribution < 1.29 is 9.15 Å². The Balaban J connectivity index is 1.33. The minimum Gasteiger partial charge on any atom is -0.494 e. The van der Waals surface area contributed by atoms with Crippen LogP contribution in [0.5, 0.6) is 5.75 Å². The van der Waals surface area contributed by atoms with E-state index in [9.17, 15) is 0 Å². The molecule has 27 heavy (non-hydrogen) atoms. The van der Waals surface area contributed by atoms with E-state index < -0.39 is 0 Å². The van der Waals surface area contributed by atoms with Crippen molar-refractivity contribution in [3.8, 4) is 17.1 Å². The Hall–Kier alpha value is -2.66. The molecule has 0 atom stereocenters. The molecule has 1 aliphatic rings. The first-order valence-corrected chi connectivity index (χ1v) is 9.62. The number of furan rings is 1. The highest BCUT2D eigenvalue weighted by molar-refractivity contribution is 5.58. The van der Waals surface area contributed by atoms with Gasteiger partial charge in [0.15, 0.2) is 0 Å². The van der Waals surface area contributed by atoms with Gasteiger partial charge in [-0.3, -0.25) is 4.90 Å². The van der Waals surface area contributed by atoms with Gasteiger partial charge in [-0.15, -0.1) is 0 Å². The van der Waals surface area contributed by atoms with Crippen LogP contribution < -0.4 is 4.74 Å². The van der Waals surface area contributed by atoms with E-state index in [1.54, 1.807) is 6.33 Å². The van der Waals surface area contributed by atoms with E-state index in [4.69, 9.17) is 9.15 Å². The molecule has 5 nitrogen and oxygen atoms in total. The molecule has 0 saturated carbocycles. The van der Waals surface area contributed by atoms with Crippen LogP contribution in [0, 0.1) is 0 Å². The third-order valence-corrected chi connectivity index (χ3v) is 5.10. The molecule has 140 valence electrons. The summed E-state index contributed by atoms with van der Waals surface area (Å²) in [6.45, 7) is 5.65. The maximum Gasteiger partial charge on any atom is 0.134 e. The first-order chi connectivity index (χ1) is 13.3. The van der Waals surface area contributed by atoms with Crippen molar-refractivity contribution in [1.29, 1.82) is 0 Å². The van der Waals surface area contributed by atoms with Gasteiger partial charge in [0.05, 0.1) is 13.2 Å². The van der Waals surface area contributed by atoms with Crippen molar-refractivity contribution in [3.63, 3.8) is 0 Å². The van der Waals surface area contributed by atoms with Gasteiger partial charge in [0, 0.05) is 23.4 Å². The fraction of sp³-hybridized carbons (Fsp3) is 0.364. The van der Waals surface area contributed by atoms with E-state index in [1.165, 1.54) is 5.69 Å². The Morgan fingerprint density at radius 1 is 1.07 bits per heavy atom. The van der Waals surface area contributed by atoms with Gasteiger partial charge in [-0.25, -0.2) is 9.97 Å². The highest BCUT2D eigenvalue weighted by Gasteiger charge is 2.22. The number of hydrogen-bond donors (Lipinski definition) is 0. The average molecular weight is 363 g/mol. The maximum atomic E-state index is 6.08. The number of rotatable bonds is 6. The summed E-state index contributed by atoms with van der Waals surface area (Å²) in [5.74, 6) is 3.35. The van der Waals surface area contributed by atoms with Crippen LogP contribution in [0.1, 0.15) is 37.1 Å². The summed E-state index contributed by atoms with van der Waals surface area (Å²) in [4.78, 5) is 10.9. The van der Waals surface area contributed by atoms with E-state index in [2.05, 4.69) is 27.0 Å². The molecule has 0 amide bonds. The van der Waals surface area contributed by atoms with Crippen molar-refractivity contribution >= 4 is 0 Å². The smallest absolute Gasteiger partial charge is 0.134 e. The number of piperidine rings is 1. The molecule has 0 aliphatic carbocycles. The second-order valence-electron chi connectivity index (χ2n) is 6.91.